The van der Waals surface area contributed by atoms with Crippen LogP contribution in [0.2, 0.25) is 0 Å². The average molecular weight is 215 g/mol. The summed E-state index contributed by atoms with van der Waals surface area (Å²) in [7, 11) is 0. The molecule has 0 spiro atoms. The van der Waals surface area contributed by atoms with Crippen molar-refractivity contribution in [2.24, 2.45) is 0 Å². The van der Waals surface area contributed by atoms with Gasteiger partial charge in [-0.05, 0) is 34.6 Å². The first-order valence-corrected chi connectivity index (χ1v) is 5.41. The zero-order valence-electron chi connectivity index (χ0n) is 10.2. The number of amides is 1. The number of nitrogens with zero attached hydrogens (tertiary/aromatic N) is 1. The molecule has 1 atom stereocenters. The molecule has 0 aliphatic carbocycles. The summed E-state index contributed by atoms with van der Waals surface area (Å²) in [6.07, 6.45) is -0.0482. The van der Waals surface area contributed by atoms with E-state index in [1.54, 1.807) is 4.90 Å². The molecule has 0 saturated carbocycles. The summed E-state index contributed by atoms with van der Waals surface area (Å²) in [5, 5.41) is 0. The summed E-state index contributed by atoms with van der Waals surface area (Å²) < 4.78 is 10.4. The molecule has 0 N–H and O–H groups in total. The number of carbonyl (C=O) groups excluding carboxylic acids is 1. The second kappa shape index (κ2) is 4.39. The summed E-state index contributed by atoms with van der Waals surface area (Å²) in [5.74, 6) is 0. The van der Waals surface area contributed by atoms with Gasteiger partial charge in [-0.25, -0.2) is 4.79 Å². The van der Waals surface area contributed by atoms with Crippen LogP contribution in [0.15, 0.2) is 0 Å². The summed E-state index contributed by atoms with van der Waals surface area (Å²) in [6.45, 7) is 11.0. The predicted molar refractivity (Wildman–Crippen MR) is 57.8 cm³/mol. The first-order chi connectivity index (χ1) is 6.79. The van der Waals surface area contributed by atoms with Crippen molar-refractivity contribution in [2.45, 2.75) is 52.4 Å². The molecule has 1 fully saturated rings. The van der Waals surface area contributed by atoms with Crippen LogP contribution in [0.4, 0.5) is 4.79 Å². The van der Waals surface area contributed by atoms with Crippen LogP contribution in [-0.2, 0) is 9.47 Å². The van der Waals surface area contributed by atoms with Gasteiger partial charge < -0.3 is 14.4 Å². The fourth-order valence-corrected chi connectivity index (χ4v) is 1.21. The predicted octanol–water partition coefficient (Wildman–Crippen LogP) is 2.03. The van der Waals surface area contributed by atoms with E-state index in [-0.39, 0.29) is 18.2 Å². The van der Waals surface area contributed by atoms with Crippen molar-refractivity contribution in [1.29, 1.82) is 0 Å². The van der Waals surface area contributed by atoms with Gasteiger partial charge in [0.05, 0.1) is 19.3 Å². The maximum atomic E-state index is 11.8. The van der Waals surface area contributed by atoms with Crippen LogP contribution in [0.3, 0.4) is 0 Å². The Labute approximate surface area is 91.5 Å². The molecule has 1 heterocycles. The molecule has 0 aromatic heterocycles. The number of hydrogen-bond acceptors (Lipinski definition) is 3. The zero-order chi connectivity index (χ0) is 11.6. The van der Waals surface area contributed by atoms with Crippen LogP contribution in [0.25, 0.3) is 0 Å². The summed E-state index contributed by atoms with van der Waals surface area (Å²) >= 11 is 0. The average Bonchev–Trinajstić information content (AvgIpc) is 2.78. The van der Waals surface area contributed by atoms with Gasteiger partial charge in [0.25, 0.3) is 0 Å². The number of rotatable bonds is 3. The molecule has 4 nitrogen and oxygen atoms in total. The first kappa shape index (κ1) is 12.3. The van der Waals surface area contributed by atoms with Crippen molar-refractivity contribution in [2.75, 3.05) is 13.2 Å². The molecule has 1 saturated heterocycles. The van der Waals surface area contributed by atoms with Crippen molar-refractivity contribution >= 4 is 6.09 Å². The van der Waals surface area contributed by atoms with Crippen LogP contribution < -0.4 is 0 Å². The highest BCUT2D eigenvalue weighted by molar-refractivity contribution is 5.68. The van der Waals surface area contributed by atoms with Crippen molar-refractivity contribution < 1.29 is 14.3 Å². The Morgan fingerprint density at radius 3 is 2.40 bits per heavy atom. The van der Waals surface area contributed by atoms with E-state index in [4.69, 9.17) is 9.47 Å². The lowest BCUT2D eigenvalue weighted by Crippen LogP contribution is -2.42. The Bertz CT molecular complexity index is 228. The zero-order valence-corrected chi connectivity index (χ0v) is 10.2. The number of epoxide rings is 1. The molecule has 0 unspecified atom stereocenters. The minimum atomic E-state index is -0.436. The second-order valence-electron chi connectivity index (χ2n) is 5.18. The molecule has 0 aromatic rings. The molecule has 0 radical (unpaired) electrons. The highest BCUT2D eigenvalue weighted by Crippen LogP contribution is 2.16. The molecular weight excluding hydrogens is 194 g/mol. The van der Waals surface area contributed by atoms with E-state index in [0.29, 0.717) is 6.54 Å². The molecule has 1 aliphatic heterocycles. The monoisotopic (exact) mass is 215 g/mol. The Morgan fingerprint density at radius 2 is 2.07 bits per heavy atom. The topological polar surface area (TPSA) is 42.1 Å². The quantitative estimate of drug-likeness (QED) is 0.676. The van der Waals surface area contributed by atoms with Gasteiger partial charge in [0.2, 0.25) is 0 Å². The van der Waals surface area contributed by atoms with Crippen LogP contribution in [0, 0.1) is 0 Å². The minimum Gasteiger partial charge on any atom is -0.444 e. The van der Waals surface area contributed by atoms with E-state index in [9.17, 15) is 4.79 Å². The van der Waals surface area contributed by atoms with Crippen molar-refractivity contribution in [3.8, 4) is 0 Å². The Balaban J connectivity index is 2.50. The molecule has 4 heteroatoms. The van der Waals surface area contributed by atoms with Crippen molar-refractivity contribution in [3.05, 3.63) is 0 Å². The van der Waals surface area contributed by atoms with E-state index in [1.807, 2.05) is 34.6 Å². The van der Waals surface area contributed by atoms with Crippen molar-refractivity contribution in [3.63, 3.8) is 0 Å². The molecule has 1 aliphatic rings. The van der Waals surface area contributed by atoms with Gasteiger partial charge in [-0.3, -0.25) is 0 Å². The highest BCUT2D eigenvalue weighted by Gasteiger charge is 2.31. The van der Waals surface area contributed by atoms with Gasteiger partial charge in [-0.15, -0.1) is 0 Å². The van der Waals surface area contributed by atoms with Gasteiger partial charge >= 0.3 is 6.09 Å². The van der Waals surface area contributed by atoms with Crippen LogP contribution in [0.1, 0.15) is 34.6 Å². The molecule has 88 valence electrons. The van der Waals surface area contributed by atoms with Crippen LogP contribution in [0.5, 0.6) is 0 Å². The fourth-order valence-electron chi connectivity index (χ4n) is 1.21. The van der Waals surface area contributed by atoms with Crippen LogP contribution >= 0.6 is 0 Å². The van der Waals surface area contributed by atoms with E-state index in [0.717, 1.165) is 6.61 Å². The lowest BCUT2D eigenvalue weighted by Gasteiger charge is -2.29. The van der Waals surface area contributed by atoms with Gasteiger partial charge in [0, 0.05) is 6.04 Å². The van der Waals surface area contributed by atoms with Crippen molar-refractivity contribution in [1.82, 2.24) is 4.90 Å². The third kappa shape index (κ3) is 4.51. The molecular formula is C11H21NO3. The maximum absolute atomic E-state index is 11.8. The van der Waals surface area contributed by atoms with E-state index in [1.165, 1.54) is 0 Å². The van der Waals surface area contributed by atoms with Gasteiger partial charge in [0.15, 0.2) is 0 Å². The van der Waals surface area contributed by atoms with Gasteiger partial charge in [0.1, 0.15) is 5.60 Å². The molecule has 1 rings (SSSR count). The third-order valence-electron chi connectivity index (χ3n) is 2.05. The van der Waals surface area contributed by atoms with E-state index in [2.05, 4.69) is 0 Å². The standard InChI is InChI=1S/C11H21NO3/c1-8(2)12(6-9-7-14-9)10(13)15-11(3,4)5/h8-9H,6-7H2,1-5H3/t9-/m1/s1. The smallest absolute Gasteiger partial charge is 0.410 e. The summed E-state index contributed by atoms with van der Waals surface area (Å²) in [6, 6.07) is 0.143. The fraction of sp³-hybridized carbons (Fsp3) is 0.909. The lowest BCUT2D eigenvalue weighted by molar-refractivity contribution is 0.0177. The minimum absolute atomic E-state index is 0.143. The second-order valence-corrected chi connectivity index (χ2v) is 5.18. The maximum Gasteiger partial charge on any atom is 0.410 e. The SMILES string of the molecule is CC(C)N(C[C@@H]1CO1)C(=O)OC(C)(C)C. The molecule has 15 heavy (non-hydrogen) atoms. The van der Waals surface area contributed by atoms with Crippen LogP contribution in [-0.4, -0.2) is 41.9 Å². The van der Waals surface area contributed by atoms with Gasteiger partial charge in [-0.2, -0.15) is 0 Å². The van der Waals surface area contributed by atoms with E-state index >= 15 is 0 Å². The largest absolute Gasteiger partial charge is 0.444 e. The normalized spacial score (nSPS) is 20.3. The number of carbonyl (C=O) groups is 1. The highest BCUT2D eigenvalue weighted by atomic mass is 16.6. The first-order valence-electron chi connectivity index (χ1n) is 5.41. The molecule has 0 aromatic carbocycles. The molecule has 0 bridgehead atoms. The lowest BCUT2D eigenvalue weighted by atomic mass is 10.2. The third-order valence-corrected chi connectivity index (χ3v) is 2.05. The Hall–Kier alpha value is -0.770. The van der Waals surface area contributed by atoms with E-state index < -0.39 is 5.60 Å². The Kier molecular flexibility index (Phi) is 3.60. The number of hydrogen-bond donors (Lipinski definition) is 0. The number of ether oxygens (including phenoxy) is 2. The summed E-state index contributed by atoms with van der Waals surface area (Å²) in [5.41, 5.74) is -0.436. The molecule has 1 amide bonds. The summed E-state index contributed by atoms with van der Waals surface area (Å²) in [4.78, 5) is 13.5. The van der Waals surface area contributed by atoms with Gasteiger partial charge in [-0.1, -0.05) is 0 Å². The Morgan fingerprint density at radius 1 is 1.53 bits per heavy atom.